The van der Waals surface area contributed by atoms with Crippen molar-refractivity contribution < 1.29 is 4.39 Å². The van der Waals surface area contributed by atoms with Crippen LogP contribution >= 0.6 is 15.9 Å². The van der Waals surface area contributed by atoms with Crippen molar-refractivity contribution in [1.82, 2.24) is 10.3 Å². The first-order valence-electron chi connectivity index (χ1n) is 7.57. The van der Waals surface area contributed by atoms with Crippen molar-refractivity contribution in [1.29, 1.82) is 0 Å². The average Bonchev–Trinajstić information content (AvgIpc) is 2.49. The van der Waals surface area contributed by atoms with Crippen LogP contribution in [0, 0.1) is 5.82 Å². The molecule has 0 aliphatic heterocycles. The van der Waals surface area contributed by atoms with E-state index in [2.05, 4.69) is 40.4 Å². The average molecular weight is 358 g/mol. The molecule has 0 radical (unpaired) electrons. The van der Waals surface area contributed by atoms with Crippen molar-refractivity contribution in [2.75, 3.05) is 14.1 Å². The molecule has 1 aromatic carbocycles. The summed E-state index contributed by atoms with van der Waals surface area (Å²) in [5.74, 6) is 5.66. The van der Waals surface area contributed by atoms with Gasteiger partial charge in [-0.2, -0.15) is 0 Å². The molecule has 1 aromatic rings. The molecule has 1 atom stereocenters. The monoisotopic (exact) mass is 357 g/mol. The number of rotatable bonds is 5. The maximum absolute atomic E-state index is 13.7. The van der Waals surface area contributed by atoms with E-state index >= 15 is 0 Å². The lowest BCUT2D eigenvalue weighted by molar-refractivity contribution is 0.0568. The number of nitrogens with one attached hydrogen (secondary N) is 1. The predicted octanol–water partition coefficient (Wildman–Crippen LogP) is 3.23. The molecule has 118 valence electrons. The van der Waals surface area contributed by atoms with Gasteiger partial charge in [-0.1, -0.05) is 31.4 Å². The minimum absolute atomic E-state index is 0.0404. The molecule has 0 bridgehead atoms. The molecule has 5 heteroatoms. The lowest BCUT2D eigenvalue weighted by Crippen LogP contribution is -2.62. The summed E-state index contributed by atoms with van der Waals surface area (Å²) in [6.45, 7) is 0. The van der Waals surface area contributed by atoms with Gasteiger partial charge in [-0.25, -0.2) is 4.39 Å². The van der Waals surface area contributed by atoms with Crippen LogP contribution in [0.3, 0.4) is 0 Å². The summed E-state index contributed by atoms with van der Waals surface area (Å²) in [5.41, 5.74) is 4.01. The highest BCUT2D eigenvalue weighted by atomic mass is 79.9. The van der Waals surface area contributed by atoms with Gasteiger partial charge in [-0.3, -0.25) is 11.3 Å². The van der Waals surface area contributed by atoms with Crippen LogP contribution in [0.4, 0.5) is 4.39 Å². The van der Waals surface area contributed by atoms with Crippen LogP contribution in [0.5, 0.6) is 0 Å². The van der Waals surface area contributed by atoms with E-state index in [9.17, 15) is 4.39 Å². The fourth-order valence-electron chi connectivity index (χ4n) is 3.60. The summed E-state index contributed by atoms with van der Waals surface area (Å²) >= 11 is 3.36. The largest absolute Gasteiger partial charge is 0.302 e. The lowest BCUT2D eigenvalue weighted by Gasteiger charge is -2.48. The van der Waals surface area contributed by atoms with E-state index in [0.717, 1.165) is 18.4 Å². The maximum atomic E-state index is 13.7. The SMILES string of the molecule is CN(C)C1(C(Cc2cccc(F)c2Br)NN)CCCCC1. The number of benzene rings is 1. The molecule has 1 fully saturated rings. The minimum atomic E-state index is -0.217. The van der Waals surface area contributed by atoms with Gasteiger partial charge in [0, 0.05) is 11.6 Å². The van der Waals surface area contributed by atoms with Crippen molar-refractivity contribution in [3.63, 3.8) is 0 Å². The highest BCUT2D eigenvalue weighted by Gasteiger charge is 2.41. The summed E-state index contributed by atoms with van der Waals surface area (Å²) in [6.07, 6.45) is 6.70. The van der Waals surface area contributed by atoms with Crippen LogP contribution in [0.25, 0.3) is 0 Å². The van der Waals surface area contributed by atoms with E-state index in [1.54, 1.807) is 6.07 Å². The third kappa shape index (κ3) is 3.47. The summed E-state index contributed by atoms with van der Waals surface area (Å²) in [5, 5.41) is 0. The van der Waals surface area contributed by atoms with E-state index in [1.165, 1.54) is 25.3 Å². The molecule has 21 heavy (non-hydrogen) atoms. The summed E-state index contributed by atoms with van der Waals surface area (Å²) in [7, 11) is 4.24. The van der Waals surface area contributed by atoms with Gasteiger partial charge in [0.1, 0.15) is 5.82 Å². The molecule has 1 aliphatic rings. The fourth-order valence-corrected chi connectivity index (χ4v) is 4.03. The topological polar surface area (TPSA) is 41.3 Å². The Balaban J connectivity index is 2.27. The molecule has 0 spiro atoms. The number of hydrazine groups is 1. The van der Waals surface area contributed by atoms with E-state index in [-0.39, 0.29) is 17.4 Å². The molecule has 0 amide bonds. The first-order valence-corrected chi connectivity index (χ1v) is 8.37. The van der Waals surface area contributed by atoms with Crippen molar-refractivity contribution in [3.05, 3.63) is 34.1 Å². The zero-order valence-electron chi connectivity index (χ0n) is 12.8. The Morgan fingerprint density at radius 2 is 2.00 bits per heavy atom. The third-order valence-corrected chi connectivity index (χ3v) is 5.80. The van der Waals surface area contributed by atoms with E-state index in [1.807, 2.05) is 6.07 Å². The first kappa shape index (κ1) is 16.9. The molecular formula is C16H25BrFN3. The second kappa shape index (κ2) is 7.18. The standard InChI is InChI=1S/C16H25BrFN3/c1-21(2)16(9-4-3-5-10-16)14(20-19)11-12-7-6-8-13(18)15(12)17/h6-8,14,20H,3-5,9-11,19H2,1-2H3. The number of hydrogen-bond donors (Lipinski definition) is 2. The Labute approximate surface area is 135 Å². The minimum Gasteiger partial charge on any atom is -0.302 e. The van der Waals surface area contributed by atoms with Crippen LogP contribution in [-0.4, -0.2) is 30.6 Å². The van der Waals surface area contributed by atoms with Gasteiger partial charge >= 0.3 is 0 Å². The fraction of sp³-hybridized carbons (Fsp3) is 0.625. The Bertz CT molecular complexity index is 473. The van der Waals surface area contributed by atoms with E-state index in [0.29, 0.717) is 10.9 Å². The molecule has 1 aliphatic carbocycles. The van der Waals surface area contributed by atoms with Gasteiger partial charge in [0.25, 0.3) is 0 Å². The van der Waals surface area contributed by atoms with Crippen molar-refractivity contribution >= 4 is 15.9 Å². The normalized spacial score (nSPS) is 19.7. The van der Waals surface area contributed by atoms with Crippen LogP contribution in [0.2, 0.25) is 0 Å². The molecule has 0 aromatic heterocycles. The van der Waals surface area contributed by atoms with Gasteiger partial charge in [0.05, 0.1) is 4.47 Å². The second-order valence-corrected chi connectivity index (χ2v) is 6.99. The number of likely N-dealkylation sites (N-methyl/N-ethyl adjacent to an activating group) is 1. The maximum Gasteiger partial charge on any atom is 0.137 e. The highest BCUT2D eigenvalue weighted by Crippen LogP contribution is 2.37. The van der Waals surface area contributed by atoms with Gasteiger partial charge in [-0.15, -0.1) is 0 Å². The molecular weight excluding hydrogens is 333 g/mol. The van der Waals surface area contributed by atoms with Crippen molar-refractivity contribution in [3.8, 4) is 0 Å². The third-order valence-electron chi connectivity index (χ3n) is 4.92. The van der Waals surface area contributed by atoms with Gasteiger partial charge < -0.3 is 4.90 Å². The zero-order valence-corrected chi connectivity index (χ0v) is 14.4. The smallest absolute Gasteiger partial charge is 0.137 e. The highest BCUT2D eigenvalue weighted by molar-refractivity contribution is 9.10. The molecule has 2 rings (SSSR count). The van der Waals surface area contributed by atoms with Gasteiger partial charge in [0.15, 0.2) is 0 Å². The quantitative estimate of drug-likeness (QED) is 0.627. The second-order valence-electron chi connectivity index (χ2n) is 6.19. The molecule has 0 saturated heterocycles. The molecule has 1 saturated carbocycles. The molecule has 1 unspecified atom stereocenters. The van der Waals surface area contributed by atoms with Crippen LogP contribution < -0.4 is 11.3 Å². The summed E-state index contributed by atoms with van der Waals surface area (Å²) < 4.78 is 14.3. The Morgan fingerprint density at radius 1 is 1.33 bits per heavy atom. The van der Waals surface area contributed by atoms with Crippen LogP contribution in [0.15, 0.2) is 22.7 Å². The summed E-state index contributed by atoms with van der Waals surface area (Å²) in [4.78, 5) is 2.30. The Kier molecular flexibility index (Phi) is 5.77. The zero-order chi connectivity index (χ0) is 15.5. The van der Waals surface area contributed by atoms with E-state index in [4.69, 9.17) is 5.84 Å². The molecule has 3 N–H and O–H groups in total. The Hall–Kier alpha value is -0.490. The Morgan fingerprint density at radius 3 is 2.57 bits per heavy atom. The van der Waals surface area contributed by atoms with Crippen molar-refractivity contribution in [2.45, 2.75) is 50.1 Å². The molecule has 3 nitrogen and oxygen atoms in total. The van der Waals surface area contributed by atoms with Crippen molar-refractivity contribution in [2.24, 2.45) is 5.84 Å². The number of halogens is 2. The van der Waals surface area contributed by atoms with Gasteiger partial charge in [-0.05, 0) is 60.9 Å². The van der Waals surface area contributed by atoms with Crippen LogP contribution in [0.1, 0.15) is 37.7 Å². The van der Waals surface area contributed by atoms with E-state index < -0.39 is 0 Å². The predicted molar refractivity (Wildman–Crippen MR) is 88.4 cm³/mol. The first-order chi connectivity index (χ1) is 10.0. The molecule has 0 heterocycles. The number of nitrogens with two attached hydrogens (primary N) is 1. The summed E-state index contributed by atoms with van der Waals surface area (Å²) in [6, 6.07) is 5.29. The number of hydrogen-bond acceptors (Lipinski definition) is 3. The van der Waals surface area contributed by atoms with Crippen LogP contribution in [-0.2, 0) is 6.42 Å². The lowest BCUT2D eigenvalue weighted by atomic mass is 9.73. The van der Waals surface area contributed by atoms with Gasteiger partial charge in [0.2, 0.25) is 0 Å². The number of nitrogens with zero attached hydrogens (tertiary/aromatic N) is 1.